The Morgan fingerprint density at radius 2 is 1.60 bits per heavy atom. The average molecular weight is 272 g/mol. The van der Waals surface area contributed by atoms with Crippen LogP contribution in [0.25, 0.3) is 0 Å². The van der Waals surface area contributed by atoms with Gasteiger partial charge in [-0.25, -0.2) is 0 Å². The van der Waals surface area contributed by atoms with Crippen molar-refractivity contribution in [1.82, 2.24) is 4.90 Å². The summed E-state index contributed by atoms with van der Waals surface area (Å²) in [7, 11) is 4.27. The van der Waals surface area contributed by atoms with Crippen LogP contribution >= 0.6 is 17.0 Å². The minimum absolute atomic E-state index is 0. The van der Waals surface area contributed by atoms with E-state index in [9.17, 15) is 0 Å². The molecule has 1 aromatic carbocycles. The van der Waals surface area contributed by atoms with Crippen LogP contribution in [-0.4, -0.2) is 25.5 Å². The molecule has 0 amide bonds. The third kappa shape index (κ3) is 7.57. The molecule has 15 heavy (non-hydrogen) atoms. The Labute approximate surface area is 104 Å². The Balaban J connectivity index is 0.00000196. The first kappa shape index (κ1) is 14.7. The van der Waals surface area contributed by atoms with Crippen LogP contribution in [0.3, 0.4) is 0 Å². The van der Waals surface area contributed by atoms with E-state index < -0.39 is 0 Å². The minimum Gasteiger partial charge on any atom is -0.309 e. The zero-order chi connectivity index (χ0) is 10.2. The number of unbranched alkanes of at least 4 members (excludes halogenated alkanes) is 2. The Bertz CT molecular complexity index is 234. The highest BCUT2D eigenvalue weighted by Gasteiger charge is 1.93. The number of benzene rings is 1. The second kappa shape index (κ2) is 8.93. The van der Waals surface area contributed by atoms with Crippen LogP contribution < -0.4 is 0 Å². The standard InChI is InChI=1S/C13H21N.BrH/c1-14(2)12-8-4-7-11-13-9-5-3-6-10-13;/h3,5-6,9-10H,4,7-8,11-12H2,1-2H3;1H. The number of halogens is 1. The van der Waals surface area contributed by atoms with Crippen molar-refractivity contribution in [1.29, 1.82) is 0 Å². The predicted octanol–water partition coefficient (Wildman–Crippen LogP) is 3.54. The van der Waals surface area contributed by atoms with Gasteiger partial charge >= 0.3 is 0 Å². The van der Waals surface area contributed by atoms with Crippen LogP contribution in [0.4, 0.5) is 0 Å². The van der Waals surface area contributed by atoms with E-state index in [1.165, 1.54) is 37.8 Å². The monoisotopic (exact) mass is 271 g/mol. The average Bonchev–Trinajstić information content (AvgIpc) is 2.18. The quantitative estimate of drug-likeness (QED) is 0.716. The first-order valence-corrected chi connectivity index (χ1v) is 5.47. The van der Waals surface area contributed by atoms with E-state index >= 15 is 0 Å². The van der Waals surface area contributed by atoms with Crippen molar-refractivity contribution in [3.05, 3.63) is 35.9 Å². The summed E-state index contributed by atoms with van der Waals surface area (Å²) in [5.41, 5.74) is 1.47. The number of hydrogen-bond donors (Lipinski definition) is 0. The van der Waals surface area contributed by atoms with Gasteiger partial charge in [0.15, 0.2) is 0 Å². The van der Waals surface area contributed by atoms with Crippen LogP contribution in [0.5, 0.6) is 0 Å². The first-order chi connectivity index (χ1) is 6.79. The summed E-state index contributed by atoms with van der Waals surface area (Å²) in [5.74, 6) is 0. The molecule has 0 saturated carbocycles. The lowest BCUT2D eigenvalue weighted by molar-refractivity contribution is 0.391. The Hall–Kier alpha value is -0.340. The fourth-order valence-electron chi connectivity index (χ4n) is 1.58. The molecule has 0 bridgehead atoms. The highest BCUT2D eigenvalue weighted by atomic mass is 79.9. The van der Waals surface area contributed by atoms with E-state index in [0.29, 0.717) is 0 Å². The van der Waals surface area contributed by atoms with Crippen LogP contribution in [-0.2, 0) is 6.42 Å². The molecule has 0 heterocycles. The predicted molar refractivity (Wildman–Crippen MR) is 72.9 cm³/mol. The molecular weight excluding hydrogens is 250 g/mol. The van der Waals surface area contributed by atoms with Gasteiger partial charge in [-0.2, -0.15) is 0 Å². The highest BCUT2D eigenvalue weighted by Crippen LogP contribution is 2.06. The lowest BCUT2D eigenvalue weighted by Crippen LogP contribution is -2.12. The molecule has 0 atom stereocenters. The fraction of sp³-hybridized carbons (Fsp3) is 0.538. The van der Waals surface area contributed by atoms with Gasteiger partial charge in [0.2, 0.25) is 0 Å². The summed E-state index contributed by atoms with van der Waals surface area (Å²) < 4.78 is 0. The summed E-state index contributed by atoms with van der Waals surface area (Å²) in [6, 6.07) is 10.7. The number of aryl methyl sites for hydroxylation is 1. The van der Waals surface area contributed by atoms with Crippen molar-refractivity contribution in [2.75, 3.05) is 20.6 Å². The van der Waals surface area contributed by atoms with E-state index in [4.69, 9.17) is 0 Å². The van der Waals surface area contributed by atoms with Crippen molar-refractivity contribution in [3.8, 4) is 0 Å². The van der Waals surface area contributed by atoms with Gasteiger partial charge in [0.25, 0.3) is 0 Å². The topological polar surface area (TPSA) is 3.24 Å². The fourth-order valence-corrected chi connectivity index (χ4v) is 1.58. The summed E-state index contributed by atoms with van der Waals surface area (Å²) in [6.45, 7) is 1.22. The van der Waals surface area contributed by atoms with Gasteiger partial charge in [0, 0.05) is 0 Å². The maximum absolute atomic E-state index is 2.25. The van der Waals surface area contributed by atoms with E-state index in [-0.39, 0.29) is 17.0 Å². The van der Waals surface area contributed by atoms with E-state index in [1.807, 2.05) is 0 Å². The normalized spacial score (nSPS) is 10.1. The molecule has 0 N–H and O–H groups in total. The van der Waals surface area contributed by atoms with Crippen LogP contribution in [0.1, 0.15) is 24.8 Å². The molecule has 1 aromatic rings. The van der Waals surface area contributed by atoms with E-state index in [2.05, 4.69) is 49.3 Å². The van der Waals surface area contributed by atoms with Gasteiger partial charge in [0.05, 0.1) is 0 Å². The van der Waals surface area contributed by atoms with Crippen LogP contribution in [0, 0.1) is 0 Å². The molecule has 1 nitrogen and oxygen atoms in total. The largest absolute Gasteiger partial charge is 0.309 e. The van der Waals surface area contributed by atoms with Gasteiger partial charge in [-0.3, -0.25) is 0 Å². The van der Waals surface area contributed by atoms with Gasteiger partial charge in [-0.05, 0) is 45.5 Å². The van der Waals surface area contributed by atoms with Crippen molar-refractivity contribution < 1.29 is 0 Å². The molecule has 0 saturated heterocycles. The van der Waals surface area contributed by atoms with Crippen molar-refractivity contribution in [3.63, 3.8) is 0 Å². The Morgan fingerprint density at radius 1 is 0.933 bits per heavy atom. The molecule has 0 aliphatic carbocycles. The zero-order valence-electron chi connectivity index (χ0n) is 9.78. The van der Waals surface area contributed by atoms with Gasteiger partial charge in [0.1, 0.15) is 0 Å². The van der Waals surface area contributed by atoms with Crippen LogP contribution in [0.15, 0.2) is 30.3 Å². The number of hydrogen-bond acceptors (Lipinski definition) is 1. The van der Waals surface area contributed by atoms with Crippen molar-refractivity contribution in [2.24, 2.45) is 0 Å². The minimum atomic E-state index is 0. The Morgan fingerprint density at radius 3 is 2.20 bits per heavy atom. The molecule has 0 aliphatic heterocycles. The molecule has 1 rings (SSSR count). The summed E-state index contributed by atoms with van der Waals surface area (Å²) in [6.07, 6.45) is 5.21. The third-order valence-electron chi connectivity index (χ3n) is 2.41. The summed E-state index contributed by atoms with van der Waals surface area (Å²) in [4.78, 5) is 2.25. The smallest absolute Gasteiger partial charge is 0.00248 e. The molecule has 0 aromatic heterocycles. The van der Waals surface area contributed by atoms with E-state index in [0.717, 1.165) is 0 Å². The van der Waals surface area contributed by atoms with Gasteiger partial charge in [-0.15, -0.1) is 17.0 Å². The Kier molecular flexibility index (Phi) is 8.73. The lowest BCUT2D eigenvalue weighted by Gasteiger charge is -2.08. The number of rotatable bonds is 6. The van der Waals surface area contributed by atoms with Crippen molar-refractivity contribution in [2.45, 2.75) is 25.7 Å². The second-order valence-corrected chi connectivity index (χ2v) is 4.10. The van der Waals surface area contributed by atoms with Crippen LogP contribution in [0.2, 0.25) is 0 Å². The molecule has 0 unspecified atom stereocenters. The summed E-state index contributed by atoms with van der Waals surface area (Å²) in [5, 5.41) is 0. The molecule has 0 radical (unpaired) electrons. The molecule has 0 fully saturated rings. The van der Waals surface area contributed by atoms with Gasteiger partial charge in [-0.1, -0.05) is 36.8 Å². The molecule has 2 heteroatoms. The molecule has 86 valence electrons. The van der Waals surface area contributed by atoms with Crippen molar-refractivity contribution >= 4 is 17.0 Å². The number of nitrogens with zero attached hydrogens (tertiary/aromatic N) is 1. The van der Waals surface area contributed by atoms with E-state index in [1.54, 1.807) is 0 Å². The second-order valence-electron chi connectivity index (χ2n) is 4.10. The summed E-state index contributed by atoms with van der Waals surface area (Å²) >= 11 is 0. The zero-order valence-corrected chi connectivity index (χ0v) is 11.5. The maximum atomic E-state index is 2.25. The van der Waals surface area contributed by atoms with Gasteiger partial charge < -0.3 is 4.90 Å². The molecule has 0 spiro atoms. The maximum Gasteiger partial charge on any atom is -0.00248 e. The highest BCUT2D eigenvalue weighted by molar-refractivity contribution is 8.93. The molecular formula is C13H22BrN. The lowest BCUT2D eigenvalue weighted by atomic mass is 10.1. The SMILES string of the molecule is Br.CN(C)CCCCCc1ccccc1. The molecule has 0 aliphatic rings. The third-order valence-corrected chi connectivity index (χ3v) is 2.41. The first-order valence-electron chi connectivity index (χ1n) is 5.47.